The Hall–Kier alpha value is -3.21. The monoisotopic (exact) mass is 350 g/mol. The predicted molar refractivity (Wildman–Crippen MR) is 101 cm³/mol. The molecule has 4 aromatic rings. The summed E-state index contributed by atoms with van der Waals surface area (Å²) in [6, 6.07) is 14.0. The second kappa shape index (κ2) is 6.26. The summed E-state index contributed by atoms with van der Waals surface area (Å²) in [6.45, 7) is 0. The average molecular weight is 350 g/mol. The van der Waals surface area contributed by atoms with Crippen molar-refractivity contribution in [3.05, 3.63) is 48.7 Å². The summed E-state index contributed by atoms with van der Waals surface area (Å²) in [5, 5.41) is 3.10. The lowest BCUT2D eigenvalue weighted by atomic mass is 10.0. The Kier molecular flexibility index (Phi) is 3.92. The molecule has 0 saturated carbocycles. The van der Waals surface area contributed by atoms with Gasteiger partial charge in [-0.15, -0.1) is 0 Å². The number of pyridine rings is 2. The van der Waals surface area contributed by atoms with Crippen molar-refractivity contribution in [1.82, 2.24) is 0 Å². The molecule has 5 heteroatoms. The highest BCUT2D eigenvalue weighted by Crippen LogP contribution is 2.42. The molecule has 4 rings (SSSR count). The molecule has 0 spiro atoms. The second-order valence-electron chi connectivity index (χ2n) is 5.88. The molecule has 0 aliphatic carbocycles. The van der Waals surface area contributed by atoms with Gasteiger partial charge in [0.15, 0.2) is 23.4 Å². The summed E-state index contributed by atoms with van der Waals surface area (Å²) < 4.78 is 24.5. The van der Waals surface area contributed by atoms with Crippen molar-refractivity contribution in [2.75, 3.05) is 28.4 Å². The SMILES string of the molecule is COc1ccc2c3ccc(OC)c(OC)c3[n+]3ccccc3c2c1OC. The first-order valence-electron chi connectivity index (χ1n) is 8.26. The van der Waals surface area contributed by atoms with Gasteiger partial charge >= 0.3 is 0 Å². The molecule has 0 atom stereocenters. The van der Waals surface area contributed by atoms with Crippen LogP contribution >= 0.6 is 0 Å². The van der Waals surface area contributed by atoms with Crippen LogP contribution < -0.4 is 23.3 Å². The smallest absolute Gasteiger partial charge is 0.265 e. The largest absolute Gasteiger partial charge is 0.493 e. The van der Waals surface area contributed by atoms with Crippen LogP contribution in [0.4, 0.5) is 0 Å². The zero-order valence-corrected chi connectivity index (χ0v) is 15.2. The van der Waals surface area contributed by atoms with Gasteiger partial charge in [0.05, 0.1) is 33.8 Å². The molecule has 0 fully saturated rings. The Morgan fingerprint density at radius 2 is 1.31 bits per heavy atom. The first-order valence-corrected chi connectivity index (χ1v) is 8.26. The Labute approximate surface area is 151 Å². The Morgan fingerprint density at radius 1 is 0.654 bits per heavy atom. The number of benzene rings is 2. The van der Waals surface area contributed by atoms with Crippen LogP contribution in [0.25, 0.3) is 27.2 Å². The van der Waals surface area contributed by atoms with Crippen LogP contribution in [0, 0.1) is 0 Å². The molecular weight excluding hydrogens is 330 g/mol. The summed E-state index contributed by atoms with van der Waals surface area (Å²) in [7, 11) is 6.61. The molecule has 26 heavy (non-hydrogen) atoms. The van der Waals surface area contributed by atoms with Gasteiger partial charge in [0.1, 0.15) is 5.39 Å². The highest BCUT2D eigenvalue weighted by molar-refractivity contribution is 6.14. The van der Waals surface area contributed by atoms with Crippen LogP contribution in [0.15, 0.2) is 48.7 Å². The van der Waals surface area contributed by atoms with E-state index in [9.17, 15) is 0 Å². The average Bonchev–Trinajstić information content (AvgIpc) is 2.71. The van der Waals surface area contributed by atoms with Crippen molar-refractivity contribution >= 4 is 27.2 Å². The molecule has 5 nitrogen and oxygen atoms in total. The van der Waals surface area contributed by atoms with E-state index in [0.29, 0.717) is 23.0 Å². The molecular formula is C21H20NO4+. The quantitative estimate of drug-likeness (QED) is 0.415. The van der Waals surface area contributed by atoms with Crippen LogP contribution in [0.2, 0.25) is 0 Å². The topological polar surface area (TPSA) is 41.0 Å². The Morgan fingerprint density at radius 3 is 1.96 bits per heavy atom. The van der Waals surface area contributed by atoms with Crippen molar-refractivity contribution in [3.8, 4) is 23.0 Å². The number of hydrogen-bond donors (Lipinski definition) is 0. The Bertz CT molecular complexity index is 1030. The number of rotatable bonds is 4. The fourth-order valence-corrected chi connectivity index (χ4v) is 3.61. The first-order chi connectivity index (χ1) is 12.7. The van der Waals surface area contributed by atoms with Crippen molar-refractivity contribution in [1.29, 1.82) is 0 Å². The van der Waals surface area contributed by atoms with E-state index in [1.54, 1.807) is 28.4 Å². The van der Waals surface area contributed by atoms with Gasteiger partial charge in [0, 0.05) is 17.5 Å². The number of aromatic nitrogens is 1. The van der Waals surface area contributed by atoms with Crippen molar-refractivity contribution in [2.45, 2.75) is 0 Å². The third-order valence-electron chi connectivity index (χ3n) is 4.71. The molecule has 2 heterocycles. The molecule has 0 aliphatic heterocycles. The highest BCUT2D eigenvalue weighted by Gasteiger charge is 2.25. The van der Waals surface area contributed by atoms with Gasteiger partial charge in [0.25, 0.3) is 5.52 Å². The molecule has 132 valence electrons. The molecule has 0 bridgehead atoms. The summed E-state index contributed by atoms with van der Waals surface area (Å²) in [4.78, 5) is 0. The van der Waals surface area contributed by atoms with E-state index in [-0.39, 0.29) is 0 Å². The van der Waals surface area contributed by atoms with Gasteiger partial charge in [-0.1, -0.05) is 0 Å². The van der Waals surface area contributed by atoms with E-state index in [1.807, 2.05) is 36.5 Å². The van der Waals surface area contributed by atoms with Gasteiger partial charge < -0.3 is 18.9 Å². The van der Waals surface area contributed by atoms with E-state index in [1.165, 1.54) is 0 Å². The van der Waals surface area contributed by atoms with Crippen LogP contribution in [0.1, 0.15) is 0 Å². The van der Waals surface area contributed by atoms with Crippen molar-refractivity contribution in [2.24, 2.45) is 0 Å². The fourth-order valence-electron chi connectivity index (χ4n) is 3.61. The van der Waals surface area contributed by atoms with E-state index < -0.39 is 0 Å². The normalized spacial score (nSPS) is 11.1. The maximum atomic E-state index is 5.71. The maximum Gasteiger partial charge on any atom is 0.265 e. The maximum absolute atomic E-state index is 5.71. The molecule has 0 saturated heterocycles. The minimum atomic E-state index is 0.692. The van der Waals surface area contributed by atoms with Gasteiger partial charge in [-0.05, 0) is 30.3 Å². The zero-order valence-electron chi connectivity index (χ0n) is 15.2. The molecule has 0 N–H and O–H groups in total. The summed E-state index contributed by atoms with van der Waals surface area (Å²) in [6.07, 6.45) is 2.01. The van der Waals surface area contributed by atoms with Crippen molar-refractivity contribution in [3.63, 3.8) is 0 Å². The first kappa shape index (κ1) is 16.3. The van der Waals surface area contributed by atoms with E-state index in [2.05, 4.69) is 16.5 Å². The van der Waals surface area contributed by atoms with Crippen LogP contribution in [-0.2, 0) is 0 Å². The van der Waals surface area contributed by atoms with Gasteiger partial charge in [-0.25, -0.2) is 0 Å². The number of nitrogens with zero attached hydrogens (tertiary/aromatic N) is 1. The lowest BCUT2D eigenvalue weighted by Crippen LogP contribution is -2.23. The van der Waals surface area contributed by atoms with E-state index >= 15 is 0 Å². The molecule has 0 radical (unpaired) electrons. The van der Waals surface area contributed by atoms with Gasteiger partial charge in [0.2, 0.25) is 11.3 Å². The Balaban J connectivity index is 2.35. The number of ether oxygens (including phenoxy) is 4. The minimum Gasteiger partial charge on any atom is -0.493 e. The lowest BCUT2D eigenvalue weighted by molar-refractivity contribution is -0.480. The van der Waals surface area contributed by atoms with Crippen LogP contribution in [-0.4, -0.2) is 28.4 Å². The third kappa shape index (κ3) is 2.13. The molecule has 0 unspecified atom stereocenters. The fraction of sp³-hybridized carbons (Fsp3) is 0.190. The molecule has 0 amide bonds. The second-order valence-corrected chi connectivity index (χ2v) is 5.88. The lowest BCUT2D eigenvalue weighted by Gasteiger charge is -2.14. The molecule has 2 aromatic heterocycles. The predicted octanol–water partition coefficient (Wildman–Crippen LogP) is 3.77. The van der Waals surface area contributed by atoms with Crippen molar-refractivity contribution < 1.29 is 23.3 Å². The third-order valence-corrected chi connectivity index (χ3v) is 4.71. The number of methoxy groups -OCH3 is 4. The van der Waals surface area contributed by atoms with E-state index in [0.717, 1.165) is 27.2 Å². The van der Waals surface area contributed by atoms with Crippen LogP contribution in [0.5, 0.6) is 23.0 Å². The summed E-state index contributed by atoms with van der Waals surface area (Å²) >= 11 is 0. The molecule has 0 aliphatic rings. The zero-order chi connectivity index (χ0) is 18.3. The summed E-state index contributed by atoms with van der Waals surface area (Å²) in [5.41, 5.74) is 1.94. The number of fused-ring (bicyclic) bond motifs is 6. The van der Waals surface area contributed by atoms with Gasteiger partial charge in [-0.2, -0.15) is 4.40 Å². The van der Waals surface area contributed by atoms with Crippen LogP contribution in [0.3, 0.4) is 0 Å². The standard InChI is InChI=1S/C21H20NO4/c1-23-16-10-8-13-14-9-11-17(24-2)21(26-4)19(14)22-12-6-5-7-15(22)18(13)20(16)25-3/h5-12H,1-4H3/q+1. The molecule has 2 aromatic carbocycles. The van der Waals surface area contributed by atoms with Gasteiger partial charge in [-0.3, -0.25) is 0 Å². The van der Waals surface area contributed by atoms with E-state index in [4.69, 9.17) is 18.9 Å². The summed E-state index contributed by atoms with van der Waals surface area (Å²) in [5.74, 6) is 2.80. The highest BCUT2D eigenvalue weighted by atomic mass is 16.5. The number of hydrogen-bond acceptors (Lipinski definition) is 4. The minimum absolute atomic E-state index is 0.692.